The highest BCUT2D eigenvalue weighted by atomic mass is 16.5. The van der Waals surface area contributed by atoms with E-state index in [-0.39, 0.29) is 17.9 Å². The van der Waals surface area contributed by atoms with E-state index in [1.165, 1.54) is 0 Å². The quantitative estimate of drug-likeness (QED) is 0.710. The Morgan fingerprint density at radius 1 is 1.12 bits per heavy atom. The predicted molar refractivity (Wildman–Crippen MR) is 96.5 cm³/mol. The fourth-order valence-corrected chi connectivity index (χ4v) is 2.48. The SMILES string of the molecule is COCC[C@@H](NC(=O)[C@@H](C)CCOc1ccccc1)c1ccc(C)o1. The van der Waals surface area contributed by atoms with E-state index in [1.807, 2.05) is 56.3 Å². The molecule has 0 aliphatic carbocycles. The molecule has 0 aliphatic heterocycles. The summed E-state index contributed by atoms with van der Waals surface area (Å²) in [6.45, 7) is 4.85. The lowest BCUT2D eigenvalue weighted by Gasteiger charge is -2.19. The molecule has 1 aromatic carbocycles. The van der Waals surface area contributed by atoms with Crippen LogP contribution in [0.1, 0.15) is 37.3 Å². The molecule has 2 atom stereocenters. The largest absolute Gasteiger partial charge is 0.494 e. The van der Waals surface area contributed by atoms with E-state index in [2.05, 4.69) is 5.32 Å². The first-order chi connectivity index (χ1) is 12.1. The van der Waals surface area contributed by atoms with Gasteiger partial charge in [-0.05, 0) is 44.0 Å². The van der Waals surface area contributed by atoms with Crippen molar-refractivity contribution in [3.05, 3.63) is 54.0 Å². The molecule has 1 amide bonds. The van der Waals surface area contributed by atoms with Crippen molar-refractivity contribution < 1.29 is 18.7 Å². The Labute approximate surface area is 149 Å². The maximum absolute atomic E-state index is 12.5. The fraction of sp³-hybridized carbons (Fsp3) is 0.450. The smallest absolute Gasteiger partial charge is 0.223 e. The third-order valence-corrected chi connectivity index (χ3v) is 4.04. The topological polar surface area (TPSA) is 60.7 Å². The summed E-state index contributed by atoms with van der Waals surface area (Å²) >= 11 is 0. The highest BCUT2D eigenvalue weighted by molar-refractivity contribution is 5.78. The molecule has 0 fully saturated rings. The first kappa shape index (κ1) is 19.1. The Kier molecular flexibility index (Phi) is 7.54. The van der Waals surface area contributed by atoms with Gasteiger partial charge in [0, 0.05) is 19.6 Å². The average molecular weight is 345 g/mol. The number of furan rings is 1. The molecule has 2 aromatic rings. The van der Waals surface area contributed by atoms with Crippen molar-refractivity contribution in [3.8, 4) is 5.75 Å². The van der Waals surface area contributed by atoms with E-state index in [4.69, 9.17) is 13.9 Å². The van der Waals surface area contributed by atoms with E-state index in [9.17, 15) is 4.79 Å². The number of benzene rings is 1. The molecule has 136 valence electrons. The van der Waals surface area contributed by atoms with Gasteiger partial charge in [-0.15, -0.1) is 0 Å². The van der Waals surface area contributed by atoms with Gasteiger partial charge in [0.15, 0.2) is 0 Å². The molecular weight excluding hydrogens is 318 g/mol. The molecule has 2 rings (SSSR count). The van der Waals surface area contributed by atoms with Crippen LogP contribution in [0.4, 0.5) is 0 Å². The molecule has 5 nitrogen and oxygen atoms in total. The second-order valence-electron chi connectivity index (χ2n) is 6.14. The van der Waals surface area contributed by atoms with E-state index in [1.54, 1.807) is 7.11 Å². The van der Waals surface area contributed by atoms with Gasteiger partial charge < -0.3 is 19.2 Å². The molecule has 0 spiro atoms. The summed E-state index contributed by atoms with van der Waals surface area (Å²) in [5, 5.41) is 3.06. The van der Waals surface area contributed by atoms with Crippen LogP contribution in [0.15, 0.2) is 46.9 Å². The second-order valence-corrected chi connectivity index (χ2v) is 6.14. The van der Waals surface area contributed by atoms with E-state index >= 15 is 0 Å². The normalized spacial score (nSPS) is 13.2. The summed E-state index contributed by atoms with van der Waals surface area (Å²) in [7, 11) is 1.65. The van der Waals surface area contributed by atoms with Gasteiger partial charge in [-0.1, -0.05) is 25.1 Å². The van der Waals surface area contributed by atoms with Crippen LogP contribution in [0.5, 0.6) is 5.75 Å². The van der Waals surface area contributed by atoms with Gasteiger partial charge in [0.25, 0.3) is 0 Å². The molecule has 1 aromatic heterocycles. The molecule has 25 heavy (non-hydrogen) atoms. The number of ether oxygens (including phenoxy) is 2. The monoisotopic (exact) mass is 345 g/mol. The first-order valence-electron chi connectivity index (χ1n) is 8.63. The molecule has 0 saturated carbocycles. The van der Waals surface area contributed by atoms with Crippen molar-refractivity contribution in [1.82, 2.24) is 5.32 Å². The summed E-state index contributed by atoms with van der Waals surface area (Å²) in [5.74, 6) is 2.25. The van der Waals surface area contributed by atoms with Crippen molar-refractivity contribution in [2.24, 2.45) is 5.92 Å². The maximum atomic E-state index is 12.5. The van der Waals surface area contributed by atoms with Gasteiger partial charge >= 0.3 is 0 Å². The molecule has 0 radical (unpaired) electrons. The number of hydrogen-bond acceptors (Lipinski definition) is 4. The van der Waals surface area contributed by atoms with Crippen molar-refractivity contribution >= 4 is 5.91 Å². The Hall–Kier alpha value is -2.27. The molecular formula is C20H27NO4. The van der Waals surface area contributed by atoms with Crippen LogP contribution < -0.4 is 10.1 Å². The van der Waals surface area contributed by atoms with Gasteiger partial charge in [0.2, 0.25) is 5.91 Å². The number of carbonyl (C=O) groups excluding carboxylic acids is 1. The molecule has 0 saturated heterocycles. The highest BCUT2D eigenvalue weighted by Crippen LogP contribution is 2.20. The minimum Gasteiger partial charge on any atom is -0.494 e. The molecule has 0 unspecified atom stereocenters. The van der Waals surface area contributed by atoms with E-state index in [0.717, 1.165) is 17.3 Å². The summed E-state index contributed by atoms with van der Waals surface area (Å²) < 4.78 is 16.5. The zero-order chi connectivity index (χ0) is 18.1. The van der Waals surface area contributed by atoms with Crippen molar-refractivity contribution in [2.45, 2.75) is 32.7 Å². The van der Waals surface area contributed by atoms with Gasteiger partial charge in [-0.2, -0.15) is 0 Å². The summed E-state index contributed by atoms with van der Waals surface area (Å²) in [4.78, 5) is 12.5. The average Bonchev–Trinajstić information content (AvgIpc) is 3.05. The van der Waals surface area contributed by atoms with Crippen LogP contribution >= 0.6 is 0 Å². The standard InChI is InChI=1S/C20H27NO4/c1-15(11-14-24-17-7-5-4-6-8-17)20(22)21-18(12-13-23-3)19-10-9-16(2)25-19/h4-10,15,18H,11-14H2,1-3H3,(H,21,22)/t15-,18+/m0/s1. The lowest BCUT2D eigenvalue weighted by Crippen LogP contribution is -2.34. The van der Waals surface area contributed by atoms with Crippen molar-refractivity contribution in [3.63, 3.8) is 0 Å². The van der Waals surface area contributed by atoms with E-state index < -0.39 is 0 Å². The third kappa shape index (κ3) is 6.27. The summed E-state index contributed by atoms with van der Waals surface area (Å²) in [6, 6.07) is 13.2. The van der Waals surface area contributed by atoms with E-state index in [0.29, 0.717) is 26.1 Å². The predicted octanol–water partition coefficient (Wildman–Crippen LogP) is 3.89. The van der Waals surface area contributed by atoms with Gasteiger partial charge in [0.1, 0.15) is 17.3 Å². The van der Waals surface area contributed by atoms with Crippen LogP contribution in [0, 0.1) is 12.8 Å². The first-order valence-corrected chi connectivity index (χ1v) is 8.63. The Balaban J connectivity index is 1.84. The number of carbonyl (C=O) groups is 1. The third-order valence-electron chi connectivity index (χ3n) is 4.04. The Bertz CT molecular complexity index is 638. The van der Waals surface area contributed by atoms with Crippen LogP contribution in [-0.2, 0) is 9.53 Å². The van der Waals surface area contributed by atoms with Crippen LogP contribution in [-0.4, -0.2) is 26.2 Å². The number of para-hydroxylation sites is 1. The second kappa shape index (κ2) is 9.89. The van der Waals surface area contributed by atoms with Gasteiger partial charge in [-0.25, -0.2) is 0 Å². The zero-order valence-electron chi connectivity index (χ0n) is 15.2. The van der Waals surface area contributed by atoms with Crippen molar-refractivity contribution in [2.75, 3.05) is 20.3 Å². The van der Waals surface area contributed by atoms with Crippen LogP contribution in [0.3, 0.4) is 0 Å². The van der Waals surface area contributed by atoms with Gasteiger partial charge in [0.05, 0.1) is 12.6 Å². The minimum atomic E-state index is -0.182. The summed E-state index contributed by atoms with van der Waals surface area (Å²) in [6.07, 6.45) is 1.32. The number of methoxy groups -OCH3 is 1. The van der Waals surface area contributed by atoms with Crippen LogP contribution in [0.25, 0.3) is 0 Å². The number of rotatable bonds is 10. The highest BCUT2D eigenvalue weighted by Gasteiger charge is 2.21. The number of amides is 1. The zero-order valence-corrected chi connectivity index (χ0v) is 15.2. The lowest BCUT2D eigenvalue weighted by molar-refractivity contribution is -0.125. The number of hydrogen-bond donors (Lipinski definition) is 1. The van der Waals surface area contributed by atoms with Crippen LogP contribution in [0.2, 0.25) is 0 Å². The molecule has 0 aliphatic rings. The fourth-order valence-electron chi connectivity index (χ4n) is 2.48. The molecule has 5 heteroatoms. The maximum Gasteiger partial charge on any atom is 0.223 e. The van der Waals surface area contributed by atoms with Gasteiger partial charge in [-0.3, -0.25) is 4.79 Å². The van der Waals surface area contributed by atoms with Crippen molar-refractivity contribution in [1.29, 1.82) is 0 Å². The minimum absolute atomic E-state index is 0.00758. The number of aryl methyl sites for hydroxylation is 1. The Morgan fingerprint density at radius 3 is 2.52 bits per heavy atom. The molecule has 1 N–H and O–H groups in total. The summed E-state index contributed by atoms with van der Waals surface area (Å²) in [5.41, 5.74) is 0. The lowest BCUT2D eigenvalue weighted by atomic mass is 10.1. The molecule has 0 bridgehead atoms. The molecule has 1 heterocycles. The Morgan fingerprint density at radius 2 is 1.88 bits per heavy atom. The number of nitrogens with one attached hydrogen (secondary N) is 1.